The Morgan fingerprint density at radius 3 is 2.34 bits per heavy atom. The van der Waals surface area contributed by atoms with Gasteiger partial charge in [0.2, 0.25) is 0 Å². The van der Waals surface area contributed by atoms with Gasteiger partial charge in [0.15, 0.2) is 6.61 Å². The van der Waals surface area contributed by atoms with E-state index >= 15 is 0 Å². The van der Waals surface area contributed by atoms with Crippen LogP contribution in [0.1, 0.15) is 36.7 Å². The molecule has 5 nitrogen and oxygen atoms in total. The highest BCUT2D eigenvalue weighted by molar-refractivity contribution is 5.98. The number of rotatable bonds is 5. The number of nitrogens with one attached hydrogen (secondary N) is 1. The van der Waals surface area contributed by atoms with Crippen LogP contribution < -0.4 is 10.1 Å². The Kier molecular flexibility index (Phi) is 5.87. The number of methoxy groups -OCH3 is 1. The SMILES string of the molecule is COc1ccc(C(C)(C)C)cc1NC(=O)COC(=O)c1ccc2ccccc2c1. The van der Waals surface area contributed by atoms with Crippen molar-refractivity contribution in [2.45, 2.75) is 26.2 Å². The van der Waals surface area contributed by atoms with Gasteiger partial charge in [0, 0.05) is 0 Å². The summed E-state index contributed by atoms with van der Waals surface area (Å²) in [5.41, 5.74) is 1.94. The van der Waals surface area contributed by atoms with E-state index in [9.17, 15) is 9.59 Å². The normalized spacial score (nSPS) is 11.2. The molecule has 0 aromatic heterocycles. The summed E-state index contributed by atoms with van der Waals surface area (Å²) in [5, 5.41) is 4.74. The predicted octanol–water partition coefficient (Wildman–Crippen LogP) is 4.94. The average molecular weight is 391 g/mol. The van der Waals surface area contributed by atoms with Crippen LogP contribution in [-0.2, 0) is 14.9 Å². The van der Waals surface area contributed by atoms with Crippen molar-refractivity contribution in [3.8, 4) is 5.75 Å². The molecule has 0 spiro atoms. The minimum absolute atomic E-state index is 0.0751. The Morgan fingerprint density at radius 2 is 1.66 bits per heavy atom. The van der Waals surface area contributed by atoms with Crippen LogP contribution in [-0.4, -0.2) is 25.6 Å². The second-order valence-electron chi connectivity index (χ2n) is 7.85. The molecule has 29 heavy (non-hydrogen) atoms. The lowest BCUT2D eigenvalue weighted by molar-refractivity contribution is -0.119. The maximum absolute atomic E-state index is 12.3. The zero-order valence-electron chi connectivity index (χ0n) is 17.1. The average Bonchev–Trinajstić information content (AvgIpc) is 2.71. The van der Waals surface area contributed by atoms with Crippen LogP contribution in [0, 0.1) is 0 Å². The smallest absolute Gasteiger partial charge is 0.338 e. The van der Waals surface area contributed by atoms with Gasteiger partial charge in [-0.2, -0.15) is 0 Å². The van der Waals surface area contributed by atoms with Crippen LogP contribution in [0.25, 0.3) is 10.8 Å². The highest BCUT2D eigenvalue weighted by Gasteiger charge is 2.18. The first-order chi connectivity index (χ1) is 13.8. The molecule has 150 valence electrons. The molecule has 0 radical (unpaired) electrons. The molecule has 0 saturated carbocycles. The van der Waals surface area contributed by atoms with Gasteiger partial charge in [0.05, 0.1) is 18.4 Å². The van der Waals surface area contributed by atoms with Crippen LogP contribution in [0.2, 0.25) is 0 Å². The fourth-order valence-electron chi connectivity index (χ4n) is 2.99. The molecule has 0 bridgehead atoms. The van der Waals surface area contributed by atoms with Crippen molar-refractivity contribution in [1.82, 2.24) is 0 Å². The molecule has 0 fully saturated rings. The number of ether oxygens (including phenoxy) is 2. The maximum atomic E-state index is 12.3. The summed E-state index contributed by atoms with van der Waals surface area (Å²) in [6.07, 6.45) is 0. The third-order valence-electron chi connectivity index (χ3n) is 4.66. The third kappa shape index (κ3) is 4.93. The second-order valence-corrected chi connectivity index (χ2v) is 7.85. The zero-order chi connectivity index (χ0) is 21.0. The molecule has 1 amide bonds. The Balaban J connectivity index is 1.67. The standard InChI is InChI=1S/C24H25NO4/c1-24(2,3)19-11-12-21(28-4)20(14-19)25-22(26)15-29-23(27)18-10-9-16-7-5-6-8-17(16)13-18/h5-14H,15H2,1-4H3,(H,25,26). The number of hydrogen-bond donors (Lipinski definition) is 1. The van der Waals surface area contributed by atoms with E-state index in [0.29, 0.717) is 17.0 Å². The predicted molar refractivity (Wildman–Crippen MR) is 115 cm³/mol. The molecular weight excluding hydrogens is 366 g/mol. The Labute approximate surface area is 170 Å². The monoisotopic (exact) mass is 391 g/mol. The lowest BCUT2D eigenvalue weighted by Gasteiger charge is -2.21. The van der Waals surface area contributed by atoms with E-state index in [-0.39, 0.29) is 12.0 Å². The van der Waals surface area contributed by atoms with Gasteiger partial charge < -0.3 is 14.8 Å². The van der Waals surface area contributed by atoms with Crippen LogP contribution in [0.3, 0.4) is 0 Å². The minimum Gasteiger partial charge on any atom is -0.495 e. The molecule has 3 aromatic carbocycles. The molecule has 0 saturated heterocycles. The summed E-state index contributed by atoms with van der Waals surface area (Å²) in [6, 6.07) is 18.7. The van der Waals surface area contributed by atoms with Gasteiger partial charge in [0.25, 0.3) is 5.91 Å². The number of carbonyl (C=O) groups is 2. The van der Waals surface area contributed by atoms with Crippen LogP contribution in [0.15, 0.2) is 60.7 Å². The van der Waals surface area contributed by atoms with E-state index in [1.165, 1.54) is 0 Å². The van der Waals surface area contributed by atoms with Crippen molar-refractivity contribution in [2.75, 3.05) is 19.0 Å². The minimum atomic E-state index is -0.540. The fraction of sp³-hybridized carbons (Fsp3) is 0.250. The van der Waals surface area contributed by atoms with Gasteiger partial charge in [-0.05, 0) is 46.0 Å². The summed E-state index contributed by atoms with van der Waals surface area (Å²) in [5.74, 6) is -0.419. The van der Waals surface area contributed by atoms with Crippen LogP contribution >= 0.6 is 0 Å². The highest BCUT2D eigenvalue weighted by Crippen LogP contribution is 2.31. The Bertz CT molecular complexity index is 1050. The number of amides is 1. The van der Waals surface area contributed by atoms with Crippen molar-refractivity contribution in [3.05, 3.63) is 71.8 Å². The van der Waals surface area contributed by atoms with E-state index in [2.05, 4.69) is 26.1 Å². The molecule has 0 unspecified atom stereocenters. The van der Waals surface area contributed by atoms with Crippen molar-refractivity contribution in [3.63, 3.8) is 0 Å². The molecule has 0 atom stereocenters. The molecule has 0 aliphatic carbocycles. The Hall–Kier alpha value is -3.34. The van der Waals surface area contributed by atoms with Gasteiger partial charge in [-0.25, -0.2) is 4.79 Å². The summed E-state index contributed by atoms with van der Waals surface area (Å²) in [7, 11) is 1.54. The van der Waals surface area contributed by atoms with Crippen molar-refractivity contribution >= 4 is 28.3 Å². The molecule has 3 aromatic rings. The van der Waals surface area contributed by atoms with E-state index in [1.807, 2.05) is 48.5 Å². The number of fused-ring (bicyclic) bond motifs is 1. The quantitative estimate of drug-likeness (QED) is 0.626. The fourth-order valence-corrected chi connectivity index (χ4v) is 2.99. The number of esters is 1. The first kappa shape index (κ1) is 20.4. The van der Waals surface area contributed by atoms with Gasteiger partial charge in [0.1, 0.15) is 5.75 Å². The first-order valence-corrected chi connectivity index (χ1v) is 9.42. The lowest BCUT2D eigenvalue weighted by atomic mass is 9.87. The number of benzene rings is 3. The van der Waals surface area contributed by atoms with Gasteiger partial charge in [-0.1, -0.05) is 57.2 Å². The number of hydrogen-bond acceptors (Lipinski definition) is 4. The summed E-state index contributed by atoms with van der Waals surface area (Å²) in [6.45, 7) is 5.89. The van der Waals surface area contributed by atoms with Crippen molar-refractivity contribution in [2.24, 2.45) is 0 Å². The molecule has 3 rings (SSSR count). The maximum Gasteiger partial charge on any atom is 0.338 e. The van der Waals surface area contributed by atoms with Gasteiger partial charge in [-0.3, -0.25) is 4.79 Å². The van der Waals surface area contributed by atoms with E-state index < -0.39 is 11.9 Å². The summed E-state index contributed by atoms with van der Waals surface area (Å²) in [4.78, 5) is 24.7. The second kappa shape index (κ2) is 8.35. The largest absolute Gasteiger partial charge is 0.495 e. The van der Waals surface area contributed by atoms with Gasteiger partial charge >= 0.3 is 5.97 Å². The number of anilines is 1. The van der Waals surface area contributed by atoms with Crippen LogP contribution in [0.5, 0.6) is 5.75 Å². The lowest BCUT2D eigenvalue weighted by Crippen LogP contribution is -2.22. The van der Waals surface area contributed by atoms with E-state index in [1.54, 1.807) is 19.2 Å². The van der Waals surface area contributed by atoms with Gasteiger partial charge in [-0.15, -0.1) is 0 Å². The van der Waals surface area contributed by atoms with E-state index in [0.717, 1.165) is 16.3 Å². The van der Waals surface area contributed by atoms with Crippen molar-refractivity contribution < 1.29 is 19.1 Å². The molecule has 5 heteroatoms. The highest BCUT2D eigenvalue weighted by atomic mass is 16.5. The summed E-state index contributed by atoms with van der Waals surface area (Å²) >= 11 is 0. The number of carbonyl (C=O) groups excluding carboxylic acids is 2. The zero-order valence-corrected chi connectivity index (χ0v) is 17.1. The van der Waals surface area contributed by atoms with Crippen LogP contribution in [0.4, 0.5) is 5.69 Å². The molecule has 0 heterocycles. The first-order valence-electron chi connectivity index (χ1n) is 9.42. The molecule has 0 aliphatic heterocycles. The van der Waals surface area contributed by atoms with Crippen molar-refractivity contribution in [1.29, 1.82) is 0 Å². The third-order valence-corrected chi connectivity index (χ3v) is 4.66. The molecular formula is C24H25NO4. The molecule has 1 N–H and O–H groups in total. The summed E-state index contributed by atoms with van der Waals surface area (Å²) < 4.78 is 10.5. The Morgan fingerprint density at radius 1 is 0.931 bits per heavy atom. The van der Waals surface area contributed by atoms with E-state index in [4.69, 9.17) is 9.47 Å². The topological polar surface area (TPSA) is 64.6 Å². The molecule has 0 aliphatic rings.